The van der Waals surface area contributed by atoms with E-state index in [4.69, 9.17) is 0 Å². The van der Waals surface area contributed by atoms with Crippen molar-refractivity contribution in [2.45, 2.75) is 27.7 Å². The minimum Gasteiger partial charge on any atom is -0.322 e. The predicted molar refractivity (Wildman–Crippen MR) is 102 cm³/mol. The van der Waals surface area contributed by atoms with Gasteiger partial charge in [-0.1, -0.05) is 20.8 Å². The predicted octanol–water partition coefficient (Wildman–Crippen LogP) is 3.65. The molecule has 0 spiro atoms. The summed E-state index contributed by atoms with van der Waals surface area (Å²) in [4.78, 5) is 28.4. The van der Waals surface area contributed by atoms with Crippen molar-refractivity contribution in [1.29, 1.82) is 0 Å². The maximum atomic E-state index is 12.5. The molecule has 1 amide bonds. The molecule has 3 rings (SSSR count). The standard InChI is InChI=1S/C19H23N2O2P/c1-13-7-8-14-15(20-13)9-10-16(21-18(22)19(2,3)4)17(14)24(23)11-5-6-12-24/h5-10,23H,11-12H2,1-4H3/p+1. The quantitative estimate of drug-likeness (QED) is 0.646. The van der Waals surface area contributed by atoms with Gasteiger partial charge in [-0.3, -0.25) is 9.78 Å². The van der Waals surface area contributed by atoms with Crippen molar-refractivity contribution in [1.82, 2.24) is 4.98 Å². The van der Waals surface area contributed by atoms with E-state index in [1.165, 1.54) is 0 Å². The van der Waals surface area contributed by atoms with E-state index < -0.39 is 12.9 Å². The normalized spacial score (nSPS) is 16.5. The van der Waals surface area contributed by atoms with Crippen molar-refractivity contribution in [3.05, 3.63) is 42.1 Å². The molecule has 1 aliphatic rings. The average Bonchev–Trinajstić information content (AvgIpc) is 2.93. The van der Waals surface area contributed by atoms with Crippen LogP contribution in [0.5, 0.6) is 0 Å². The van der Waals surface area contributed by atoms with E-state index in [2.05, 4.69) is 10.3 Å². The molecule has 0 aliphatic carbocycles. The summed E-state index contributed by atoms with van der Waals surface area (Å²) in [5, 5.41) is 4.84. The molecule has 2 heterocycles. The first-order valence-electron chi connectivity index (χ1n) is 8.18. The highest BCUT2D eigenvalue weighted by Crippen LogP contribution is 2.58. The van der Waals surface area contributed by atoms with Gasteiger partial charge in [0, 0.05) is 16.5 Å². The number of hydrogen-bond donors (Lipinski definition) is 2. The summed E-state index contributed by atoms with van der Waals surface area (Å²) in [6.45, 7) is 7.61. The lowest BCUT2D eigenvalue weighted by atomic mass is 9.95. The molecule has 4 nitrogen and oxygen atoms in total. The topological polar surface area (TPSA) is 62.2 Å². The molecule has 2 N–H and O–H groups in total. The van der Waals surface area contributed by atoms with E-state index in [0.717, 1.165) is 21.9 Å². The summed E-state index contributed by atoms with van der Waals surface area (Å²) in [6, 6.07) is 7.76. The third-order valence-corrected chi connectivity index (χ3v) is 7.25. The molecular formula is C19H24N2O2P+. The Morgan fingerprint density at radius 3 is 2.46 bits per heavy atom. The van der Waals surface area contributed by atoms with Gasteiger partial charge in [-0.05, 0) is 43.3 Å². The second-order valence-electron chi connectivity index (χ2n) is 7.44. The first-order valence-corrected chi connectivity index (χ1v) is 10.3. The molecule has 0 saturated carbocycles. The van der Waals surface area contributed by atoms with Crippen LogP contribution < -0.4 is 10.6 Å². The van der Waals surface area contributed by atoms with E-state index in [1.54, 1.807) is 0 Å². The first-order chi connectivity index (χ1) is 11.2. The zero-order chi connectivity index (χ0) is 17.5. The van der Waals surface area contributed by atoms with Gasteiger partial charge in [0.05, 0.1) is 11.2 Å². The Morgan fingerprint density at radius 1 is 1.17 bits per heavy atom. The lowest BCUT2D eigenvalue weighted by Gasteiger charge is -2.23. The molecule has 0 radical (unpaired) electrons. The number of nitrogens with one attached hydrogen (secondary N) is 1. The van der Waals surface area contributed by atoms with E-state index in [9.17, 15) is 9.69 Å². The van der Waals surface area contributed by atoms with Crippen LogP contribution in [0.25, 0.3) is 10.9 Å². The molecular weight excluding hydrogens is 319 g/mol. The summed E-state index contributed by atoms with van der Waals surface area (Å²) in [7, 11) is -2.34. The Labute approximate surface area is 143 Å². The molecule has 0 fully saturated rings. The molecule has 0 bridgehead atoms. The number of amides is 1. The minimum absolute atomic E-state index is 0.0538. The maximum absolute atomic E-state index is 12.5. The van der Waals surface area contributed by atoms with E-state index >= 15 is 0 Å². The molecule has 1 aromatic carbocycles. The molecule has 0 saturated heterocycles. The number of nitrogens with zero attached hydrogens (tertiary/aromatic N) is 1. The Morgan fingerprint density at radius 2 is 1.83 bits per heavy atom. The van der Waals surface area contributed by atoms with Gasteiger partial charge in [0.15, 0.2) is 12.8 Å². The summed E-state index contributed by atoms with van der Waals surface area (Å²) in [6.07, 6.45) is 5.37. The Bertz CT molecular complexity index is 829. The number of carbonyl (C=O) groups is 1. The van der Waals surface area contributed by atoms with Crippen molar-refractivity contribution in [2.75, 3.05) is 17.6 Å². The van der Waals surface area contributed by atoms with Gasteiger partial charge in [-0.2, -0.15) is 0 Å². The van der Waals surface area contributed by atoms with Crippen LogP contribution in [0.15, 0.2) is 36.4 Å². The number of pyridine rings is 1. The van der Waals surface area contributed by atoms with Gasteiger partial charge >= 0.3 is 0 Å². The lowest BCUT2D eigenvalue weighted by molar-refractivity contribution is -0.123. The van der Waals surface area contributed by atoms with Gasteiger partial charge in [0.2, 0.25) is 5.91 Å². The molecule has 24 heavy (non-hydrogen) atoms. The number of anilines is 1. The number of hydrogen-bond acceptors (Lipinski definition) is 3. The van der Waals surface area contributed by atoms with Crippen LogP contribution in [0.2, 0.25) is 0 Å². The van der Waals surface area contributed by atoms with Gasteiger partial charge in [-0.15, -0.1) is 0 Å². The molecule has 0 atom stereocenters. The van der Waals surface area contributed by atoms with Crippen molar-refractivity contribution in [2.24, 2.45) is 5.41 Å². The number of aryl methyl sites for hydroxylation is 1. The Balaban J connectivity index is 2.18. The number of benzene rings is 1. The number of fused-ring (bicyclic) bond motifs is 1. The van der Waals surface area contributed by atoms with Gasteiger partial charge in [-0.25, -0.2) is 4.89 Å². The monoisotopic (exact) mass is 343 g/mol. The largest absolute Gasteiger partial charge is 0.322 e. The summed E-state index contributed by atoms with van der Waals surface area (Å²) in [5.41, 5.74) is 2.02. The molecule has 0 unspecified atom stereocenters. The van der Waals surface area contributed by atoms with Crippen LogP contribution in [-0.4, -0.2) is 28.1 Å². The second kappa shape index (κ2) is 5.94. The fraction of sp³-hybridized carbons (Fsp3) is 0.368. The lowest BCUT2D eigenvalue weighted by Crippen LogP contribution is -2.31. The Hall–Kier alpha value is -1.77. The highest BCUT2D eigenvalue weighted by molar-refractivity contribution is 7.79. The molecule has 5 heteroatoms. The molecule has 1 aromatic heterocycles. The van der Waals surface area contributed by atoms with Crippen LogP contribution in [0.4, 0.5) is 5.69 Å². The SMILES string of the molecule is Cc1ccc2c([P+]3(O)CC=CC3)c(NC(=O)C(C)(C)C)ccc2n1. The fourth-order valence-corrected chi connectivity index (χ4v) is 5.63. The van der Waals surface area contributed by atoms with Crippen LogP contribution >= 0.6 is 7.49 Å². The number of carbonyl (C=O) groups excluding carboxylic acids is 1. The maximum Gasteiger partial charge on any atom is 0.229 e. The summed E-state index contributed by atoms with van der Waals surface area (Å²) < 4.78 is 0. The van der Waals surface area contributed by atoms with E-state index in [1.807, 2.05) is 64.1 Å². The summed E-state index contributed by atoms with van der Waals surface area (Å²) in [5.74, 6) is -0.0538. The van der Waals surface area contributed by atoms with Crippen molar-refractivity contribution in [3.63, 3.8) is 0 Å². The molecule has 2 aromatic rings. The van der Waals surface area contributed by atoms with Crippen molar-refractivity contribution >= 4 is 35.3 Å². The number of aromatic nitrogens is 1. The number of allylic oxidation sites excluding steroid dienone is 2. The van der Waals surface area contributed by atoms with Crippen molar-refractivity contribution < 1.29 is 9.69 Å². The number of rotatable bonds is 2. The zero-order valence-corrected chi connectivity index (χ0v) is 15.5. The van der Waals surface area contributed by atoms with Gasteiger partial charge in [0.25, 0.3) is 0 Å². The fourth-order valence-electron chi connectivity index (χ4n) is 2.90. The molecule has 126 valence electrons. The van der Waals surface area contributed by atoms with Crippen LogP contribution in [0, 0.1) is 12.3 Å². The van der Waals surface area contributed by atoms with E-state index in [0.29, 0.717) is 18.0 Å². The van der Waals surface area contributed by atoms with Crippen LogP contribution in [0.1, 0.15) is 26.5 Å². The van der Waals surface area contributed by atoms with Gasteiger partial charge in [0.1, 0.15) is 12.3 Å². The minimum atomic E-state index is -2.34. The van der Waals surface area contributed by atoms with Crippen LogP contribution in [-0.2, 0) is 4.79 Å². The third-order valence-electron chi connectivity index (χ3n) is 4.31. The first kappa shape index (κ1) is 17.1. The average molecular weight is 343 g/mol. The third kappa shape index (κ3) is 3.09. The highest BCUT2D eigenvalue weighted by Gasteiger charge is 2.43. The summed E-state index contributed by atoms with van der Waals surface area (Å²) >= 11 is 0. The zero-order valence-electron chi connectivity index (χ0n) is 14.6. The smallest absolute Gasteiger partial charge is 0.229 e. The second-order valence-corrected chi connectivity index (χ2v) is 10.5. The van der Waals surface area contributed by atoms with E-state index in [-0.39, 0.29) is 5.91 Å². The molecule has 1 aliphatic heterocycles. The van der Waals surface area contributed by atoms with Crippen LogP contribution in [0.3, 0.4) is 0 Å². The highest BCUT2D eigenvalue weighted by atomic mass is 31.2. The Kier molecular flexibility index (Phi) is 4.23. The van der Waals surface area contributed by atoms with Crippen molar-refractivity contribution in [3.8, 4) is 0 Å². The van der Waals surface area contributed by atoms with Gasteiger partial charge < -0.3 is 5.32 Å².